The molecular formula is C26H40O5. The summed E-state index contributed by atoms with van der Waals surface area (Å²) in [5.74, 6) is -0.444. The Hall–Kier alpha value is -1.69. The Morgan fingerprint density at radius 1 is 1.13 bits per heavy atom. The number of ether oxygens (including phenoxy) is 1. The molecule has 0 spiro atoms. The molecule has 0 unspecified atom stereocenters. The summed E-state index contributed by atoms with van der Waals surface area (Å²) in [5.41, 5.74) is 2.31. The lowest BCUT2D eigenvalue weighted by molar-refractivity contribution is -0.143. The number of benzene rings is 1. The Morgan fingerprint density at radius 3 is 2.58 bits per heavy atom. The molecule has 2 rings (SSSR count). The molecule has 0 radical (unpaired) electrons. The number of rotatable bonds is 13. The van der Waals surface area contributed by atoms with Gasteiger partial charge in [0, 0.05) is 18.8 Å². The van der Waals surface area contributed by atoms with Crippen molar-refractivity contribution in [1.82, 2.24) is 0 Å². The summed E-state index contributed by atoms with van der Waals surface area (Å²) < 4.78 is 5.01. The fourth-order valence-electron chi connectivity index (χ4n) is 4.53. The van der Waals surface area contributed by atoms with E-state index < -0.39 is 18.3 Å². The molecule has 1 aliphatic carbocycles. The molecule has 0 bridgehead atoms. The maximum atomic E-state index is 11.6. The van der Waals surface area contributed by atoms with Crippen LogP contribution in [0.25, 0.3) is 0 Å². The molecule has 5 heteroatoms. The summed E-state index contributed by atoms with van der Waals surface area (Å²) in [6, 6.07) is 8.12. The second kappa shape index (κ2) is 13.7. The van der Waals surface area contributed by atoms with Crippen LogP contribution in [0, 0.1) is 11.8 Å². The van der Waals surface area contributed by atoms with Crippen LogP contribution in [0.3, 0.4) is 0 Å². The van der Waals surface area contributed by atoms with E-state index in [-0.39, 0.29) is 17.8 Å². The molecule has 174 valence electrons. The van der Waals surface area contributed by atoms with Gasteiger partial charge in [-0.3, -0.25) is 4.79 Å². The number of carbonyl (C=O) groups excluding carboxylic acids is 1. The lowest BCUT2D eigenvalue weighted by Crippen LogP contribution is -2.23. The predicted octanol–water partition coefficient (Wildman–Crippen LogP) is 3.97. The Balaban J connectivity index is 2.01. The predicted molar refractivity (Wildman–Crippen MR) is 123 cm³/mol. The van der Waals surface area contributed by atoms with E-state index in [4.69, 9.17) is 4.74 Å². The van der Waals surface area contributed by atoms with Crippen molar-refractivity contribution in [3.8, 4) is 0 Å². The average molecular weight is 433 g/mol. The Kier molecular flexibility index (Phi) is 11.3. The van der Waals surface area contributed by atoms with E-state index in [0.717, 1.165) is 44.1 Å². The average Bonchev–Trinajstić information content (AvgIpc) is 3.00. The molecule has 1 fully saturated rings. The lowest BCUT2D eigenvalue weighted by Gasteiger charge is -2.22. The Morgan fingerprint density at radius 2 is 1.87 bits per heavy atom. The summed E-state index contributed by atoms with van der Waals surface area (Å²) >= 11 is 0. The highest BCUT2D eigenvalue weighted by Gasteiger charge is 2.40. The summed E-state index contributed by atoms with van der Waals surface area (Å²) in [6.07, 6.45) is 8.86. The highest BCUT2D eigenvalue weighted by atomic mass is 16.5. The minimum absolute atomic E-state index is 0.0969. The molecule has 5 atom stereocenters. The molecule has 3 N–H and O–H groups in total. The topological polar surface area (TPSA) is 87.0 Å². The third kappa shape index (κ3) is 8.40. The molecular weight excluding hydrogens is 392 g/mol. The van der Waals surface area contributed by atoms with Crippen molar-refractivity contribution in [2.75, 3.05) is 6.61 Å². The zero-order chi connectivity index (χ0) is 22.6. The van der Waals surface area contributed by atoms with Crippen molar-refractivity contribution < 1.29 is 24.9 Å². The van der Waals surface area contributed by atoms with E-state index in [1.54, 1.807) is 6.08 Å². The van der Waals surface area contributed by atoms with Crippen LogP contribution in [0.2, 0.25) is 0 Å². The Bertz CT molecular complexity index is 686. The van der Waals surface area contributed by atoms with Crippen LogP contribution < -0.4 is 0 Å². The van der Waals surface area contributed by atoms with Gasteiger partial charge < -0.3 is 20.1 Å². The molecule has 1 aliphatic rings. The van der Waals surface area contributed by atoms with Crippen molar-refractivity contribution in [3.63, 3.8) is 0 Å². The molecule has 0 aliphatic heterocycles. The van der Waals surface area contributed by atoms with Gasteiger partial charge in [0.25, 0.3) is 0 Å². The zero-order valence-electron chi connectivity index (χ0n) is 19.1. The maximum Gasteiger partial charge on any atom is 0.305 e. The van der Waals surface area contributed by atoms with Gasteiger partial charge in [-0.25, -0.2) is 0 Å². The number of unbranched alkanes of at least 4 members (excludes halogenated alkanes) is 2. The fourth-order valence-corrected chi connectivity index (χ4v) is 4.53. The van der Waals surface area contributed by atoms with Crippen LogP contribution >= 0.6 is 0 Å². The molecule has 1 aromatic rings. The van der Waals surface area contributed by atoms with E-state index in [1.165, 1.54) is 5.56 Å². The first-order valence-corrected chi connectivity index (χ1v) is 11.9. The van der Waals surface area contributed by atoms with Crippen LogP contribution in [0.15, 0.2) is 36.4 Å². The molecule has 1 aromatic carbocycles. The van der Waals surface area contributed by atoms with E-state index in [2.05, 4.69) is 19.1 Å². The van der Waals surface area contributed by atoms with Gasteiger partial charge in [0.05, 0.1) is 24.9 Å². The molecule has 0 aromatic heterocycles. The zero-order valence-corrected chi connectivity index (χ0v) is 19.1. The first-order valence-electron chi connectivity index (χ1n) is 11.9. The monoisotopic (exact) mass is 432 g/mol. The molecule has 1 saturated carbocycles. The van der Waals surface area contributed by atoms with Crippen molar-refractivity contribution in [2.45, 2.75) is 89.9 Å². The van der Waals surface area contributed by atoms with Gasteiger partial charge in [-0.05, 0) is 49.7 Å². The number of aliphatic hydroxyl groups is 3. The first kappa shape index (κ1) is 25.6. The fraction of sp³-hybridized carbons (Fsp3) is 0.654. The third-order valence-corrected chi connectivity index (χ3v) is 6.28. The molecule has 31 heavy (non-hydrogen) atoms. The molecule has 5 nitrogen and oxygen atoms in total. The highest BCUT2D eigenvalue weighted by Crippen LogP contribution is 2.37. The highest BCUT2D eigenvalue weighted by molar-refractivity contribution is 5.69. The lowest BCUT2D eigenvalue weighted by atomic mass is 9.85. The SMILES string of the molecule is CCCCC[C@H](O)C=C[C@@H]1[C@@H](Cc2ccccc2CCCC(=O)OCC)[C@@H](O)C[C@H]1O. The van der Waals surface area contributed by atoms with Gasteiger partial charge in [0.1, 0.15) is 0 Å². The largest absolute Gasteiger partial charge is 0.466 e. The maximum absolute atomic E-state index is 11.6. The van der Waals surface area contributed by atoms with E-state index in [0.29, 0.717) is 25.9 Å². The smallest absolute Gasteiger partial charge is 0.305 e. The quantitative estimate of drug-likeness (QED) is 0.249. The summed E-state index contributed by atoms with van der Waals surface area (Å²) in [5, 5.41) is 31.3. The number of esters is 1. The summed E-state index contributed by atoms with van der Waals surface area (Å²) in [7, 11) is 0. The van der Waals surface area contributed by atoms with Crippen LogP contribution in [0.4, 0.5) is 0 Å². The van der Waals surface area contributed by atoms with E-state index >= 15 is 0 Å². The Labute approximate surface area is 187 Å². The second-order valence-electron chi connectivity index (χ2n) is 8.69. The van der Waals surface area contributed by atoms with Crippen molar-refractivity contribution in [2.24, 2.45) is 11.8 Å². The van der Waals surface area contributed by atoms with Gasteiger partial charge in [-0.2, -0.15) is 0 Å². The van der Waals surface area contributed by atoms with E-state index in [1.807, 2.05) is 25.1 Å². The normalized spacial score (nSPS) is 24.5. The number of aryl methyl sites for hydroxylation is 1. The van der Waals surface area contributed by atoms with Crippen LogP contribution in [0.1, 0.15) is 69.9 Å². The van der Waals surface area contributed by atoms with E-state index in [9.17, 15) is 20.1 Å². The van der Waals surface area contributed by atoms with Gasteiger partial charge >= 0.3 is 5.97 Å². The van der Waals surface area contributed by atoms with Crippen LogP contribution in [-0.4, -0.2) is 46.2 Å². The van der Waals surface area contributed by atoms with Crippen molar-refractivity contribution in [1.29, 1.82) is 0 Å². The summed E-state index contributed by atoms with van der Waals surface area (Å²) in [6.45, 7) is 4.35. The third-order valence-electron chi connectivity index (χ3n) is 6.28. The molecule has 0 heterocycles. The number of carbonyl (C=O) groups is 1. The van der Waals surface area contributed by atoms with Gasteiger partial charge in [0.2, 0.25) is 0 Å². The second-order valence-corrected chi connectivity index (χ2v) is 8.69. The van der Waals surface area contributed by atoms with Crippen molar-refractivity contribution in [3.05, 3.63) is 47.5 Å². The van der Waals surface area contributed by atoms with Crippen LogP contribution in [-0.2, 0) is 22.4 Å². The van der Waals surface area contributed by atoms with Crippen LogP contribution in [0.5, 0.6) is 0 Å². The van der Waals surface area contributed by atoms with Gasteiger partial charge in [0.15, 0.2) is 0 Å². The van der Waals surface area contributed by atoms with Gasteiger partial charge in [-0.15, -0.1) is 0 Å². The number of hydrogen-bond acceptors (Lipinski definition) is 5. The first-order chi connectivity index (χ1) is 15.0. The minimum Gasteiger partial charge on any atom is -0.466 e. The molecule has 0 amide bonds. The number of hydrogen-bond donors (Lipinski definition) is 3. The standard InChI is InChI=1S/C26H40O5/c1-3-5-6-13-21(27)15-16-22-23(25(29)18-24(22)28)17-20-11-8-7-10-19(20)12-9-14-26(30)31-4-2/h7-8,10-11,15-16,21-25,27-29H,3-6,9,12-14,17-18H2,1-2H3/t21-,22+,23+,24+,25-/m0/s1. The minimum atomic E-state index is -0.602. The van der Waals surface area contributed by atoms with Crippen molar-refractivity contribution >= 4 is 5.97 Å². The number of aliphatic hydroxyl groups excluding tert-OH is 3. The summed E-state index contributed by atoms with van der Waals surface area (Å²) in [4.78, 5) is 11.6. The molecule has 0 saturated heterocycles. The van der Waals surface area contributed by atoms with Gasteiger partial charge in [-0.1, -0.05) is 62.6 Å².